The van der Waals surface area contributed by atoms with Gasteiger partial charge in [-0.1, -0.05) is 37.7 Å². The molecule has 1 N–H and O–H groups in total. The van der Waals surface area contributed by atoms with Gasteiger partial charge in [-0.15, -0.1) is 11.8 Å². The van der Waals surface area contributed by atoms with Crippen molar-refractivity contribution in [3.05, 3.63) is 64.7 Å². The molecule has 0 spiro atoms. The van der Waals surface area contributed by atoms with Gasteiger partial charge in [-0.3, -0.25) is 14.2 Å². The van der Waals surface area contributed by atoms with Gasteiger partial charge in [-0.25, -0.2) is 9.37 Å². The van der Waals surface area contributed by atoms with Crippen molar-refractivity contribution in [3.8, 4) is 5.69 Å². The molecular weight excluding hydrogens is 421 g/mol. The van der Waals surface area contributed by atoms with E-state index in [-0.39, 0.29) is 17.3 Å². The molecule has 1 heterocycles. The molecule has 0 saturated heterocycles. The van der Waals surface area contributed by atoms with Crippen molar-refractivity contribution in [2.24, 2.45) is 5.92 Å². The monoisotopic (exact) mass is 445 g/mol. The number of para-hydroxylation sites is 1. The molecule has 0 radical (unpaired) electrons. The van der Waals surface area contributed by atoms with Gasteiger partial charge < -0.3 is 5.32 Å². The lowest BCUT2D eigenvalue weighted by atomic mass is 10.1. The molecule has 1 amide bonds. The number of carbonyl (C=O) groups is 1. The smallest absolute Gasteiger partial charge is 0.266 e. The molecule has 5 nitrogen and oxygen atoms in total. The highest BCUT2D eigenvalue weighted by atomic mass is 32.2. The van der Waals surface area contributed by atoms with Crippen LogP contribution in [0.4, 0.5) is 4.39 Å². The standard InChI is InChI=1S/C22H24FN3O2S2/c1-15(2)11-12-24-20(27)13-29-14-30-22-25-19-6-4-3-5-18(19)21(28)26(22)17-9-7-16(23)8-10-17/h3-10,15H,11-14H2,1-2H3,(H,24,27). The van der Waals surface area contributed by atoms with E-state index in [1.54, 1.807) is 30.3 Å². The van der Waals surface area contributed by atoms with Crippen LogP contribution < -0.4 is 10.9 Å². The van der Waals surface area contributed by atoms with E-state index in [0.29, 0.717) is 45.0 Å². The van der Waals surface area contributed by atoms with E-state index in [9.17, 15) is 14.0 Å². The van der Waals surface area contributed by atoms with Crippen molar-refractivity contribution in [1.29, 1.82) is 0 Å². The van der Waals surface area contributed by atoms with Crippen LogP contribution in [0.2, 0.25) is 0 Å². The third kappa shape index (κ3) is 5.86. The number of benzene rings is 2. The number of fused-ring (bicyclic) bond motifs is 1. The number of nitrogens with one attached hydrogen (secondary N) is 1. The highest BCUT2D eigenvalue weighted by Gasteiger charge is 2.13. The van der Waals surface area contributed by atoms with E-state index >= 15 is 0 Å². The lowest BCUT2D eigenvalue weighted by molar-refractivity contribution is -0.118. The van der Waals surface area contributed by atoms with E-state index < -0.39 is 0 Å². The quantitative estimate of drug-likeness (QED) is 0.228. The van der Waals surface area contributed by atoms with E-state index in [1.165, 1.54) is 40.2 Å². The van der Waals surface area contributed by atoms with Crippen LogP contribution >= 0.6 is 23.5 Å². The zero-order valence-electron chi connectivity index (χ0n) is 16.9. The Morgan fingerprint density at radius 2 is 1.90 bits per heavy atom. The van der Waals surface area contributed by atoms with Crippen LogP contribution in [0.15, 0.2) is 58.5 Å². The molecule has 0 bridgehead atoms. The highest BCUT2D eigenvalue weighted by Crippen LogP contribution is 2.24. The summed E-state index contributed by atoms with van der Waals surface area (Å²) in [5.41, 5.74) is 0.963. The number of halogens is 1. The van der Waals surface area contributed by atoms with E-state index in [1.807, 2.05) is 6.07 Å². The molecule has 0 aliphatic heterocycles. The first kappa shape index (κ1) is 22.4. The van der Waals surface area contributed by atoms with Crippen LogP contribution in [0.3, 0.4) is 0 Å². The summed E-state index contributed by atoms with van der Waals surface area (Å²) in [6, 6.07) is 12.9. The van der Waals surface area contributed by atoms with Crippen molar-refractivity contribution >= 4 is 40.3 Å². The fourth-order valence-corrected chi connectivity index (χ4v) is 4.66. The number of amides is 1. The molecule has 1 aromatic heterocycles. The maximum atomic E-state index is 13.4. The maximum absolute atomic E-state index is 13.4. The van der Waals surface area contributed by atoms with Crippen molar-refractivity contribution in [2.45, 2.75) is 25.4 Å². The molecule has 2 aromatic carbocycles. The average molecular weight is 446 g/mol. The van der Waals surface area contributed by atoms with Crippen molar-refractivity contribution in [2.75, 3.05) is 17.4 Å². The molecule has 3 rings (SSSR count). The topological polar surface area (TPSA) is 64.0 Å². The van der Waals surface area contributed by atoms with Crippen LogP contribution in [0, 0.1) is 11.7 Å². The molecule has 0 atom stereocenters. The van der Waals surface area contributed by atoms with Crippen molar-refractivity contribution < 1.29 is 9.18 Å². The van der Waals surface area contributed by atoms with Crippen molar-refractivity contribution in [1.82, 2.24) is 14.9 Å². The lowest BCUT2D eigenvalue weighted by Crippen LogP contribution is -2.27. The molecule has 0 unspecified atom stereocenters. The van der Waals surface area contributed by atoms with E-state index in [4.69, 9.17) is 0 Å². The fourth-order valence-electron chi connectivity index (χ4n) is 2.81. The lowest BCUT2D eigenvalue weighted by Gasteiger charge is -2.13. The van der Waals surface area contributed by atoms with Gasteiger partial charge in [0.05, 0.1) is 22.3 Å². The number of aromatic nitrogens is 2. The summed E-state index contributed by atoms with van der Waals surface area (Å²) in [5.74, 6) is 0.535. The Labute approximate surface area is 183 Å². The van der Waals surface area contributed by atoms with E-state index in [2.05, 4.69) is 24.1 Å². The van der Waals surface area contributed by atoms with Crippen molar-refractivity contribution in [3.63, 3.8) is 0 Å². The van der Waals surface area contributed by atoms with Gasteiger partial charge in [-0.05, 0) is 48.7 Å². The minimum absolute atomic E-state index is 0.00338. The first-order valence-electron chi connectivity index (χ1n) is 9.70. The van der Waals surface area contributed by atoms with E-state index in [0.717, 1.165) is 6.42 Å². The molecule has 0 aliphatic carbocycles. The summed E-state index contributed by atoms with van der Waals surface area (Å²) >= 11 is 2.86. The van der Waals surface area contributed by atoms with Gasteiger partial charge in [0, 0.05) is 11.6 Å². The molecule has 3 aromatic rings. The second-order valence-electron chi connectivity index (χ2n) is 7.17. The summed E-state index contributed by atoms with van der Waals surface area (Å²) in [6.45, 7) is 4.92. The maximum Gasteiger partial charge on any atom is 0.266 e. The summed E-state index contributed by atoms with van der Waals surface area (Å²) < 4.78 is 14.9. The number of hydrogen-bond donors (Lipinski definition) is 1. The van der Waals surface area contributed by atoms with Crippen LogP contribution in [0.1, 0.15) is 20.3 Å². The summed E-state index contributed by atoms with van der Waals surface area (Å²) in [4.78, 5) is 29.7. The Morgan fingerprint density at radius 3 is 2.63 bits per heavy atom. The van der Waals surface area contributed by atoms with Crippen LogP contribution in [0.25, 0.3) is 16.6 Å². The Kier molecular flexibility index (Phi) is 7.93. The highest BCUT2D eigenvalue weighted by molar-refractivity contribution is 8.16. The molecule has 0 aliphatic rings. The largest absolute Gasteiger partial charge is 0.355 e. The fraction of sp³-hybridized carbons (Fsp3) is 0.318. The molecule has 0 saturated carbocycles. The molecule has 0 fully saturated rings. The number of thioether (sulfide) groups is 2. The number of hydrogen-bond acceptors (Lipinski definition) is 5. The minimum Gasteiger partial charge on any atom is -0.355 e. The predicted molar refractivity (Wildman–Crippen MR) is 123 cm³/mol. The Morgan fingerprint density at radius 1 is 1.17 bits per heavy atom. The number of nitrogens with zero attached hydrogens (tertiary/aromatic N) is 2. The third-order valence-corrected chi connectivity index (χ3v) is 6.51. The molecular formula is C22H24FN3O2S2. The van der Waals surface area contributed by atoms with Gasteiger partial charge in [-0.2, -0.15) is 0 Å². The SMILES string of the molecule is CC(C)CCNC(=O)CSCSc1nc2ccccc2c(=O)n1-c1ccc(F)cc1. The van der Waals surface area contributed by atoms with Crippen LogP contribution in [-0.4, -0.2) is 32.8 Å². The molecule has 158 valence electrons. The zero-order valence-corrected chi connectivity index (χ0v) is 18.6. The summed E-state index contributed by atoms with van der Waals surface area (Å²) in [7, 11) is 0. The van der Waals surface area contributed by atoms with Crippen LogP contribution in [0.5, 0.6) is 0 Å². The van der Waals surface area contributed by atoms with Gasteiger partial charge in [0.15, 0.2) is 5.16 Å². The average Bonchev–Trinajstić information content (AvgIpc) is 2.72. The third-order valence-electron chi connectivity index (χ3n) is 4.38. The predicted octanol–water partition coefficient (Wildman–Crippen LogP) is 4.47. The van der Waals surface area contributed by atoms with Crippen LogP contribution in [-0.2, 0) is 4.79 Å². The first-order chi connectivity index (χ1) is 14.5. The molecule has 8 heteroatoms. The van der Waals surface area contributed by atoms with Gasteiger partial charge in [0.1, 0.15) is 5.82 Å². The molecule has 30 heavy (non-hydrogen) atoms. The van der Waals surface area contributed by atoms with Gasteiger partial charge in [0.25, 0.3) is 5.56 Å². The second kappa shape index (κ2) is 10.6. The Hall–Kier alpha value is -2.32. The summed E-state index contributed by atoms with van der Waals surface area (Å²) in [6.07, 6.45) is 0.954. The van der Waals surface area contributed by atoms with Gasteiger partial charge in [0.2, 0.25) is 5.91 Å². The zero-order chi connectivity index (χ0) is 21.5. The Balaban J connectivity index is 1.74. The Bertz CT molecular complexity index is 1070. The minimum atomic E-state index is -0.367. The second-order valence-corrected chi connectivity index (χ2v) is 9.47. The van der Waals surface area contributed by atoms with Gasteiger partial charge >= 0.3 is 0 Å². The number of rotatable bonds is 9. The first-order valence-corrected chi connectivity index (χ1v) is 11.8. The summed E-state index contributed by atoms with van der Waals surface area (Å²) in [5, 5.41) is 4.49. The normalized spacial score (nSPS) is 11.2. The number of carbonyl (C=O) groups excluding carboxylic acids is 1.